The first-order valence-corrected chi connectivity index (χ1v) is 5.93. The van der Waals surface area contributed by atoms with Gasteiger partial charge in [-0.15, -0.1) is 0 Å². The molecule has 3 aromatic rings. The topological polar surface area (TPSA) is 61.1 Å². The van der Waals surface area contributed by atoms with E-state index < -0.39 is 0 Å². The highest BCUT2D eigenvalue weighted by atomic mass is 79.9. The van der Waals surface area contributed by atoms with Crippen LogP contribution >= 0.6 is 15.9 Å². The van der Waals surface area contributed by atoms with Crippen LogP contribution in [0, 0.1) is 0 Å². The standard InChI is InChI=1S/C11H10BrN5/c12-9-7-17(15-11(9)13)6-8-5-16-4-2-1-3-10(16)14-8/h1-5,7H,6H2,(H2,13,15). The molecular weight excluding hydrogens is 282 g/mol. The van der Waals surface area contributed by atoms with E-state index in [4.69, 9.17) is 5.73 Å². The van der Waals surface area contributed by atoms with E-state index in [0.29, 0.717) is 12.4 Å². The van der Waals surface area contributed by atoms with E-state index in [1.807, 2.05) is 41.2 Å². The van der Waals surface area contributed by atoms with Gasteiger partial charge >= 0.3 is 0 Å². The van der Waals surface area contributed by atoms with Gasteiger partial charge in [-0.05, 0) is 28.1 Å². The molecule has 3 rings (SSSR count). The predicted molar refractivity (Wildman–Crippen MR) is 68.6 cm³/mol. The number of nitrogens with zero attached hydrogens (tertiary/aromatic N) is 4. The Morgan fingerprint density at radius 2 is 2.18 bits per heavy atom. The third-order valence-electron chi connectivity index (χ3n) is 2.48. The smallest absolute Gasteiger partial charge is 0.159 e. The third kappa shape index (κ3) is 1.91. The third-order valence-corrected chi connectivity index (χ3v) is 3.09. The van der Waals surface area contributed by atoms with Crippen LogP contribution in [0.15, 0.2) is 41.3 Å². The molecule has 0 fully saturated rings. The summed E-state index contributed by atoms with van der Waals surface area (Å²) in [4.78, 5) is 4.49. The SMILES string of the molecule is Nc1nn(Cc2cn3ccccc3n2)cc1Br. The lowest BCUT2D eigenvalue weighted by atomic mass is 10.5. The van der Waals surface area contributed by atoms with Gasteiger partial charge in [0.1, 0.15) is 5.65 Å². The number of pyridine rings is 1. The first kappa shape index (κ1) is 10.3. The second-order valence-corrected chi connectivity index (χ2v) is 4.61. The average molecular weight is 292 g/mol. The molecule has 5 nitrogen and oxygen atoms in total. The second-order valence-electron chi connectivity index (χ2n) is 3.76. The van der Waals surface area contributed by atoms with Gasteiger partial charge in [0.05, 0.1) is 16.7 Å². The molecule has 0 spiro atoms. The monoisotopic (exact) mass is 291 g/mol. The van der Waals surface area contributed by atoms with Crippen molar-refractivity contribution >= 4 is 27.4 Å². The zero-order chi connectivity index (χ0) is 11.8. The summed E-state index contributed by atoms with van der Waals surface area (Å²) in [6.45, 7) is 0.609. The van der Waals surface area contributed by atoms with Gasteiger partial charge in [0, 0.05) is 18.6 Å². The van der Waals surface area contributed by atoms with Crippen LogP contribution in [0.1, 0.15) is 5.69 Å². The molecule has 0 radical (unpaired) electrons. The molecule has 0 amide bonds. The van der Waals surface area contributed by atoms with Gasteiger partial charge in [0.15, 0.2) is 5.82 Å². The summed E-state index contributed by atoms with van der Waals surface area (Å²) in [6.07, 6.45) is 5.81. The Hall–Kier alpha value is -1.82. The number of imidazole rings is 1. The maximum Gasteiger partial charge on any atom is 0.159 e. The van der Waals surface area contributed by atoms with Crippen molar-refractivity contribution in [3.05, 3.63) is 47.0 Å². The van der Waals surface area contributed by atoms with Crippen molar-refractivity contribution < 1.29 is 0 Å². The van der Waals surface area contributed by atoms with Gasteiger partial charge in [0.25, 0.3) is 0 Å². The number of rotatable bonds is 2. The first-order valence-electron chi connectivity index (χ1n) is 5.13. The number of hydrogen-bond donors (Lipinski definition) is 1. The molecule has 86 valence electrons. The van der Waals surface area contributed by atoms with E-state index in [1.54, 1.807) is 4.68 Å². The van der Waals surface area contributed by atoms with Gasteiger partial charge in [0.2, 0.25) is 0 Å². The summed E-state index contributed by atoms with van der Waals surface area (Å²) < 4.78 is 4.56. The fourth-order valence-electron chi connectivity index (χ4n) is 1.72. The number of halogens is 1. The van der Waals surface area contributed by atoms with Crippen LogP contribution in [-0.2, 0) is 6.54 Å². The van der Waals surface area contributed by atoms with E-state index in [-0.39, 0.29) is 0 Å². The van der Waals surface area contributed by atoms with Gasteiger partial charge in [-0.1, -0.05) is 6.07 Å². The lowest BCUT2D eigenvalue weighted by Gasteiger charge is -1.95. The maximum atomic E-state index is 5.66. The van der Waals surface area contributed by atoms with E-state index in [1.165, 1.54) is 0 Å². The van der Waals surface area contributed by atoms with Gasteiger partial charge in [-0.2, -0.15) is 5.10 Å². The molecule has 3 heterocycles. The van der Waals surface area contributed by atoms with Crippen LogP contribution in [0.3, 0.4) is 0 Å². The van der Waals surface area contributed by atoms with Gasteiger partial charge < -0.3 is 10.1 Å². The molecule has 17 heavy (non-hydrogen) atoms. The summed E-state index contributed by atoms with van der Waals surface area (Å²) >= 11 is 3.33. The second kappa shape index (κ2) is 3.89. The van der Waals surface area contributed by atoms with Crippen LogP contribution in [0.25, 0.3) is 5.65 Å². The minimum atomic E-state index is 0.494. The van der Waals surface area contributed by atoms with E-state index in [2.05, 4.69) is 26.0 Å². The van der Waals surface area contributed by atoms with Gasteiger partial charge in [-0.3, -0.25) is 4.68 Å². The quantitative estimate of drug-likeness (QED) is 0.785. The largest absolute Gasteiger partial charge is 0.381 e. The number of nitrogens with two attached hydrogens (primary N) is 1. The normalized spacial score (nSPS) is 11.1. The van der Waals surface area contributed by atoms with Crippen LogP contribution in [0.5, 0.6) is 0 Å². The molecule has 0 aliphatic carbocycles. The Balaban J connectivity index is 1.94. The van der Waals surface area contributed by atoms with Crippen molar-refractivity contribution in [2.45, 2.75) is 6.54 Å². The highest BCUT2D eigenvalue weighted by molar-refractivity contribution is 9.10. The lowest BCUT2D eigenvalue weighted by molar-refractivity contribution is 0.679. The van der Waals surface area contributed by atoms with E-state index in [0.717, 1.165) is 15.8 Å². The fourth-order valence-corrected chi connectivity index (χ4v) is 2.04. The highest BCUT2D eigenvalue weighted by Crippen LogP contribution is 2.17. The summed E-state index contributed by atoms with van der Waals surface area (Å²) in [7, 11) is 0. The van der Waals surface area contributed by atoms with Crippen molar-refractivity contribution in [1.82, 2.24) is 19.2 Å². The summed E-state index contributed by atoms with van der Waals surface area (Å²) in [5, 5.41) is 4.17. The van der Waals surface area contributed by atoms with E-state index in [9.17, 15) is 0 Å². The number of nitrogen functional groups attached to an aromatic ring is 1. The molecule has 2 N–H and O–H groups in total. The zero-order valence-electron chi connectivity index (χ0n) is 8.92. The van der Waals surface area contributed by atoms with Crippen molar-refractivity contribution in [2.75, 3.05) is 5.73 Å². The molecule has 0 aromatic carbocycles. The van der Waals surface area contributed by atoms with Crippen LogP contribution in [0.2, 0.25) is 0 Å². The Morgan fingerprint density at radius 1 is 1.29 bits per heavy atom. The van der Waals surface area contributed by atoms with Crippen molar-refractivity contribution in [3.8, 4) is 0 Å². The fraction of sp³-hybridized carbons (Fsp3) is 0.0909. The van der Waals surface area contributed by atoms with Crippen LogP contribution < -0.4 is 5.73 Å². The Morgan fingerprint density at radius 3 is 2.88 bits per heavy atom. The molecule has 0 unspecified atom stereocenters. The maximum absolute atomic E-state index is 5.66. The van der Waals surface area contributed by atoms with Crippen molar-refractivity contribution in [2.24, 2.45) is 0 Å². The molecule has 0 atom stereocenters. The van der Waals surface area contributed by atoms with Crippen LogP contribution in [0.4, 0.5) is 5.82 Å². The minimum absolute atomic E-state index is 0.494. The molecule has 0 saturated heterocycles. The average Bonchev–Trinajstić information content (AvgIpc) is 2.83. The van der Waals surface area contributed by atoms with Crippen LogP contribution in [-0.4, -0.2) is 19.2 Å². The molecule has 0 bridgehead atoms. The molecule has 0 aliphatic heterocycles. The molecule has 0 aliphatic rings. The predicted octanol–water partition coefficient (Wildman–Crippen LogP) is 1.92. The minimum Gasteiger partial charge on any atom is -0.381 e. The number of aromatic nitrogens is 4. The summed E-state index contributed by atoms with van der Waals surface area (Å²) in [5.41, 5.74) is 7.55. The molecule has 3 aromatic heterocycles. The molecule has 6 heteroatoms. The molecular formula is C11H10BrN5. The first-order chi connectivity index (χ1) is 8.22. The zero-order valence-corrected chi connectivity index (χ0v) is 10.5. The van der Waals surface area contributed by atoms with Gasteiger partial charge in [-0.25, -0.2) is 4.98 Å². The Kier molecular flexibility index (Phi) is 2.36. The number of fused-ring (bicyclic) bond motifs is 1. The van der Waals surface area contributed by atoms with Crippen molar-refractivity contribution in [3.63, 3.8) is 0 Å². The molecule has 0 saturated carbocycles. The lowest BCUT2D eigenvalue weighted by Crippen LogP contribution is -2.01. The highest BCUT2D eigenvalue weighted by Gasteiger charge is 2.05. The summed E-state index contributed by atoms with van der Waals surface area (Å²) in [6, 6.07) is 5.91. The number of hydrogen-bond acceptors (Lipinski definition) is 3. The Labute approximate surface area is 106 Å². The van der Waals surface area contributed by atoms with E-state index >= 15 is 0 Å². The Bertz CT molecular complexity index is 617. The summed E-state index contributed by atoms with van der Waals surface area (Å²) in [5.74, 6) is 0.494. The number of anilines is 1. The van der Waals surface area contributed by atoms with Crippen molar-refractivity contribution in [1.29, 1.82) is 0 Å².